The van der Waals surface area contributed by atoms with Gasteiger partial charge < -0.3 is 14.4 Å². The molecule has 0 unspecified atom stereocenters. The van der Waals surface area contributed by atoms with Gasteiger partial charge in [-0.3, -0.25) is 0 Å². The molecule has 2 aliphatic rings. The Balaban J connectivity index is 0.00000277. The summed E-state index contributed by atoms with van der Waals surface area (Å²) in [6.45, 7) is 6.95. The topological polar surface area (TPSA) is 24.3 Å². The standard InChI is InChI=1S/C33H29N4Si.Pt/c1-35-23-36(31-16-7-6-15-30(31)35)24-11-10-12-25(21-24)38(2,3)26-18-19-28-27-13-4-5-14-29(27)37(32(28)22-26)33-17-8-9-20-34-33;/h5-12,14-20,23H,4,13H2,1-3H3;/q-3;. The number of nitrogens with zero attached hydrogens (tertiary/aromatic N) is 4. The summed E-state index contributed by atoms with van der Waals surface area (Å²) in [4.78, 5) is 9.12. The SMILES string of the molecule is CN1[CH-]N(c2[c-]c([Si](C)(C)c3[c-]c4c(cc3)c3c(n4-c4ccccn4)C=CCC3)ccc2)c2ccccc21.[Pt]. The molecule has 0 fully saturated rings. The first-order chi connectivity index (χ1) is 18.5. The third-order valence-corrected chi connectivity index (χ3v) is 11.2. The fourth-order valence-electron chi connectivity index (χ4n) is 5.81. The Labute approximate surface area is 245 Å². The number of pyridine rings is 1. The molecule has 0 amide bonds. The van der Waals surface area contributed by atoms with Crippen LogP contribution in [0.5, 0.6) is 0 Å². The first-order valence-electron chi connectivity index (χ1n) is 13.2. The van der Waals surface area contributed by atoms with Crippen LogP contribution in [0.2, 0.25) is 13.1 Å². The van der Waals surface area contributed by atoms with Crippen LogP contribution in [-0.2, 0) is 27.5 Å². The van der Waals surface area contributed by atoms with Crippen LogP contribution < -0.4 is 20.2 Å². The van der Waals surface area contributed by atoms with Gasteiger partial charge in [-0.05, 0) is 50.2 Å². The molecule has 0 saturated heterocycles. The third kappa shape index (κ3) is 4.20. The molecule has 0 atom stereocenters. The summed E-state index contributed by atoms with van der Waals surface area (Å²) in [7, 11) is -0.0232. The van der Waals surface area contributed by atoms with Gasteiger partial charge in [-0.25, -0.2) is 4.98 Å². The van der Waals surface area contributed by atoms with Crippen LogP contribution in [0.3, 0.4) is 0 Å². The molecule has 3 aromatic carbocycles. The summed E-state index contributed by atoms with van der Waals surface area (Å²) in [5.41, 5.74) is 7.21. The number of hydrogen-bond acceptors (Lipinski definition) is 3. The van der Waals surface area contributed by atoms with Crippen LogP contribution in [0.15, 0.2) is 85.1 Å². The Morgan fingerprint density at radius 2 is 1.67 bits per heavy atom. The number of hydrogen-bond donors (Lipinski definition) is 0. The van der Waals surface area contributed by atoms with Gasteiger partial charge in [0.05, 0.1) is 8.07 Å². The van der Waals surface area contributed by atoms with Crippen LogP contribution in [0.25, 0.3) is 22.8 Å². The van der Waals surface area contributed by atoms with Crippen molar-refractivity contribution in [1.29, 1.82) is 0 Å². The average Bonchev–Trinajstić information content (AvgIpc) is 3.48. The van der Waals surface area contributed by atoms with Crippen molar-refractivity contribution < 1.29 is 21.1 Å². The van der Waals surface area contributed by atoms with Gasteiger partial charge in [-0.1, -0.05) is 48.4 Å². The number of para-hydroxylation sites is 2. The van der Waals surface area contributed by atoms with Crippen molar-refractivity contribution in [2.45, 2.75) is 25.9 Å². The van der Waals surface area contributed by atoms with Gasteiger partial charge in [-0.2, -0.15) is 59.5 Å². The quantitative estimate of drug-likeness (QED) is 0.167. The average molecular weight is 705 g/mol. The zero-order valence-corrected chi connectivity index (χ0v) is 25.5. The molecule has 0 spiro atoms. The summed E-state index contributed by atoms with van der Waals surface area (Å²) < 4.78 is 2.29. The van der Waals surface area contributed by atoms with E-state index in [-0.39, 0.29) is 21.1 Å². The summed E-state index contributed by atoms with van der Waals surface area (Å²) in [6, 6.07) is 33.5. The van der Waals surface area contributed by atoms with Crippen molar-refractivity contribution in [2.75, 3.05) is 16.8 Å². The Morgan fingerprint density at radius 1 is 0.872 bits per heavy atom. The number of benzene rings is 3. The molecule has 6 heteroatoms. The molecule has 1 aliphatic heterocycles. The minimum Gasteiger partial charge on any atom is -0.504 e. The number of anilines is 3. The van der Waals surface area contributed by atoms with Crippen LogP contribution in [0.1, 0.15) is 17.7 Å². The van der Waals surface area contributed by atoms with Gasteiger partial charge in [0.1, 0.15) is 5.82 Å². The second kappa shape index (κ2) is 9.97. The van der Waals surface area contributed by atoms with Crippen LogP contribution in [0, 0.1) is 18.8 Å². The van der Waals surface area contributed by atoms with E-state index < -0.39 is 8.07 Å². The first-order valence-corrected chi connectivity index (χ1v) is 16.2. The number of allylic oxidation sites excluding steroid dienone is 1. The summed E-state index contributed by atoms with van der Waals surface area (Å²) in [5, 5.41) is 3.83. The largest absolute Gasteiger partial charge is 0.504 e. The van der Waals surface area contributed by atoms with E-state index in [4.69, 9.17) is 4.98 Å². The van der Waals surface area contributed by atoms with Crippen LogP contribution >= 0.6 is 0 Å². The maximum absolute atomic E-state index is 4.71. The van der Waals surface area contributed by atoms with Crippen molar-refractivity contribution >= 4 is 52.5 Å². The number of aromatic nitrogens is 2. The van der Waals surface area contributed by atoms with Gasteiger partial charge >= 0.3 is 0 Å². The Morgan fingerprint density at radius 3 is 2.49 bits per heavy atom. The van der Waals surface area contributed by atoms with E-state index in [0.717, 1.165) is 29.9 Å². The zero-order chi connectivity index (χ0) is 25.9. The maximum atomic E-state index is 4.71. The van der Waals surface area contributed by atoms with E-state index >= 15 is 0 Å². The van der Waals surface area contributed by atoms with Crippen molar-refractivity contribution in [3.63, 3.8) is 0 Å². The van der Waals surface area contributed by atoms with E-state index in [9.17, 15) is 0 Å². The van der Waals surface area contributed by atoms with Crippen molar-refractivity contribution in [3.8, 4) is 5.82 Å². The summed E-state index contributed by atoms with van der Waals surface area (Å²) in [5.74, 6) is 0.944. The van der Waals surface area contributed by atoms with Crippen molar-refractivity contribution in [2.24, 2.45) is 0 Å². The van der Waals surface area contributed by atoms with Crippen molar-refractivity contribution in [3.05, 3.63) is 115 Å². The number of rotatable bonds is 4. The second-order valence-electron chi connectivity index (χ2n) is 10.6. The van der Waals surface area contributed by atoms with Crippen LogP contribution in [0.4, 0.5) is 17.1 Å². The molecule has 1 aliphatic carbocycles. The van der Waals surface area contributed by atoms with E-state index in [1.54, 1.807) is 0 Å². The second-order valence-corrected chi connectivity index (χ2v) is 14.9. The Hall–Kier alpha value is -3.40. The molecule has 39 heavy (non-hydrogen) atoms. The number of fused-ring (bicyclic) bond motifs is 4. The smallest absolute Gasteiger partial charge is 0.135 e. The molecule has 0 radical (unpaired) electrons. The fraction of sp³-hybridized carbons (Fsp3) is 0.152. The van der Waals surface area contributed by atoms with E-state index in [2.05, 4.69) is 132 Å². The van der Waals surface area contributed by atoms with Gasteiger partial charge in [0.15, 0.2) is 0 Å². The molecule has 0 bridgehead atoms. The van der Waals surface area contributed by atoms with Gasteiger partial charge in [-0.15, -0.1) is 11.1 Å². The summed E-state index contributed by atoms with van der Waals surface area (Å²) in [6.07, 6.45) is 8.51. The Bertz CT molecular complexity index is 1710. The molecule has 0 N–H and O–H groups in total. The molecule has 198 valence electrons. The first kappa shape index (κ1) is 25.9. The number of aryl methyl sites for hydroxylation is 1. The van der Waals surface area contributed by atoms with Crippen LogP contribution in [-0.4, -0.2) is 24.7 Å². The molecular weight excluding hydrogens is 676 g/mol. The van der Waals surface area contributed by atoms with Gasteiger partial charge in [0, 0.05) is 44.3 Å². The minimum absolute atomic E-state index is 0. The molecule has 5 aromatic rings. The summed E-state index contributed by atoms with van der Waals surface area (Å²) >= 11 is 0. The predicted molar refractivity (Wildman–Crippen MR) is 161 cm³/mol. The monoisotopic (exact) mass is 704 g/mol. The Kier molecular flexibility index (Phi) is 6.61. The van der Waals surface area contributed by atoms with Gasteiger partial charge in [0.2, 0.25) is 0 Å². The van der Waals surface area contributed by atoms with E-state index in [1.165, 1.54) is 38.4 Å². The normalized spacial score (nSPS) is 14.3. The molecule has 7 rings (SSSR count). The molecular formula is C33H29N4PtSi-3. The van der Waals surface area contributed by atoms with Gasteiger partial charge in [0.25, 0.3) is 0 Å². The van der Waals surface area contributed by atoms with E-state index in [1.807, 2.05) is 12.3 Å². The van der Waals surface area contributed by atoms with E-state index in [0.29, 0.717) is 0 Å². The minimum atomic E-state index is -2.12. The molecule has 2 aromatic heterocycles. The predicted octanol–water partition coefficient (Wildman–Crippen LogP) is 6.11. The third-order valence-electron chi connectivity index (χ3n) is 7.93. The zero-order valence-electron chi connectivity index (χ0n) is 22.3. The molecule has 0 saturated carbocycles. The molecule has 4 nitrogen and oxygen atoms in total. The molecule has 3 heterocycles. The van der Waals surface area contributed by atoms with Crippen molar-refractivity contribution in [1.82, 2.24) is 9.55 Å². The maximum Gasteiger partial charge on any atom is 0.135 e. The fourth-order valence-corrected chi connectivity index (χ4v) is 7.98.